The summed E-state index contributed by atoms with van der Waals surface area (Å²) in [4.78, 5) is 12.3. The molecule has 0 aromatic heterocycles. The lowest BCUT2D eigenvalue weighted by atomic mass is 10.2. The smallest absolute Gasteiger partial charge is 0.323 e. The molecule has 5 heteroatoms. The number of rotatable bonds is 2. The summed E-state index contributed by atoms with van der Waals surface area (Å²) in [5, 5.41) is 8.77. The molecule has 86 valence electrons. The monoisotopic (exact) mass is 225 g/mol. The zero-order valence-corrected chi connectivity index (χ0v) is 8.81. The van der Waals surface area contributed by atoms with Crippen molar-refractivity contribution in [3.8, 4) is 5.75 Å². The zero-order chi connectivity index (χ0) is 11.7. The third-order valence-electron chi connectivity index (χ3n) is 2.39. The van der Waals surface area contributed by atoms with E-state index in [0.29, 0.717) is 18.0 Å². The van der Waals surface area contributed by atoms with Crippen LogP contribution in [0.4, 0.5) is 10.1 Å². The Kier molecular flexibility index (Phi) is 2.68. The molecule has 0 spiro atoms. The molecule has 1 aromatic carbocycles. The Balaban J connectivity index is 2.35. The van der Waals surface area contributed by atoms with E-state index < -0.39 is 11.8 Å². The Morgan fingerprint density at radius 1 is 1.69 bits per heavy atom. The highest BCUT2D eigenvalue weighted by molar-refractivity contribution is 5.75. The van der Waals surface area contributed by atoms with Crippen LogP contribution in [0.2, 0.25) is 0 Å². The molecule has 0 amide bonds. The summed E-state index contributed by atoms with van der Waals surface area (Å²) in [5.74, 6) is -0.807. The first kappa shape index (κ1) is 10.7. The number of benzene rings is 1. The average molecular weight is 225 g/mol. The molecule has 2 rings (SSSR count). The second kappa shape index (κ2) is 4.00. The van der Waals surface area contributed by atoms with Crippen LogP contribution in [-0.2, 0) is 4.79 Å². The second-order valence-electron chi connectivity index (χ2n) is 3.81. The summed E-state index contributed by atoms with van der Waals surface area (Å²) >= 11 is 0. The fourth-order valence-electron chi connectivity index (χ4n) is 1.81. The topological polar surface area (TPSA) is 49.8 Å². The SMILES string of the molecule is CC1CN(CC(=O)O)c2cc(F)ccc2O1. The number of anilines is 1. The van der Waals surface area contributed by atoms with Gasteiger partial charge in [-0.2, -0.15) is 0 Å². The van der Waals surface area contributed by atoms with Crippen LogP contribution in [0.1, 0.15) is 6.92 Å². The standard InChI is InChI=1S/C11H12FNO3/c1-7-5-13(6-11(14)15)9-4-8(12)2-3-10(9)16-7/h2-4,7H,5-6H2,1H3,(H,14,15). The lowest BCUT2D eigenvalue weighted by molar-refractivity contribution is -0.135. The number of ether oxygens (including phenoxy) is 1. The van der Waals surface area contributed by atoms with E-state index >= 15 is 0 Å². The van der Waals surface area contributed by atoms with Gasteiger partial charge >= 0.3 is 5.97 Å². The van der Waals surface area contributed by atoms with Gasteiger partial charge in [0.05, 0.1) is 12.2 Å². The van der Waals surface area contributed by atoms with Crippen molar-refractivity contribution in [2.24, 2.45) is 0 Å². The first-order valence-corrected chi connectivity index (χ1v) is 4.99. The minimum atomic E-state index is -0.940. The summed E-state index contributed by atoms with van der Waals surface area (Å²) < 4.78 is 18.6. The maximum Gasteiger partial charge on any atom is 0.323 e. The van der Waals surface area contributed by atoms with Gasteiger partial charge in [-0.25, -0.2) is 4.39 Å². The number of carbonyl (C=O) groups is 1. The lowest BCUT2D eigenvalue weighted by Crippen LogP contribution is -2.41. The molecule has 1 unspecified atom stereocenters. The molecule has 1 atom stereocenters. The average Bonchev–Trinajstić information content (AvgIpc) is 2.18. The molecular weight excluding hydrogens is 213 g/mol. The van der Waals surface area contributed by atoms with Gasteiger partial charge in [-0.05, 0) is 19.1 Å². The fraction of sp³-hybridized carbons (Fsp3) is 0.364. The number of carboxylic acid groups (broad SMARTS) is 1. The van der Waals surface area contributed by atoms with E-state index in [1.54, 1.807) is 4.90 Å². The molecule has 1 aromatic rings. The van der Waals surface area contributed by atoms with Crippen LogP contribution in [0.3, 0.4) is 0 Å². The van der Waals surface area contributed by atoms with Gasteiger partial charge in [-0.15, -0.1) is 0 Å². The van der Waals surface area contributed by atoms with Crippen LogP contribution in [0, 0.1) is 5.82 Å². The maximum absolute atomic E-state index is 13.1. The largest absolute Gasteiger partial charge is 0.487 e. The van der Waals surface area contributed by atoms with Gasteiger partial charge in [0.2, 0.25) is 0 Å². The minimum absolute atomic E-state index is 0.0997. The van der Waals surface area contributed by atoms with Gasteiger partial charge in [0.25, 0.3) is 0 Å². The first-order chi connectivity index (χ1) is 7.56. The van der Waals surface area contributed by atoms with E-state index in [2.05, 4.69) is 0 Å². The molecule has 0 fully saturated rings. The van der Waals surface area contributed by atoms with Crippen LogP contribution >= 0.6 is 0 Å². The molecule has 0 aliphatic carbocycles. The van der Waals surface area contributed by atoms with Gasteiger partial charge in [0.1, 0.15) is 24.2 Å². The summed E-state index contributed by atoms with van der Waals surface area (Å²) in [7, 11) is 0. The fourth-order valence-corrected chi connectivity index (χ4v) is 1.81. The molecule has 0 saturated heterocycles. The van der Waals surface area contributed by atoms with Gasteiger partial charge < -0.3 is 14.7 Å². The highest BCUT2D eigenvalue weighted by atomic mass is 19.1. The first-order valence-electron chi connectivity index (χ1n) is 4.99. The van der Waals surface area contributed by atoms with Crippen molar-refractivity contribution in [3.63, 3.8) is 0 Å². The van der Waals surface area contributed by atoms with Crippen LogP contribution < -0.4 is 9.64 Å². The van der Waals surface area contributed by atoms with Crippen LogP contribution in [0.5, 0.6) is 5.75 Å². The van der Waals surface area contributed by atoms with Crippen molar-refractivity contribution in [1.82, 2.24) is 0 Å². The Hall–Kier alpha value is -1.78. The van der Waals surface area contributed by atoms with Crippen molar-refractivity contribution in [1.29, 1.82) is 0 Å². The van der Waals surface area contributed by atoms with Gasteiger partial charge in [0, 0.05) is 6.07 Å². The highest BCUT2D eigenvalue weighted by Gasteiger charge is 2.24. The third-order valence-corrected chi connectivity index (χ3v) is 2.39. The van der Waals surface area contributed by atoms with E-state index in [1.807, 2.05) is 6.92 Å². The van der Waals surface area contributed by atoms with E-state index in [1.165, 1.54) is 18.2 Å². The van der Waals surface area contributed by atoms with Crippen molar-refractivity contribution in [3.05, 3.63) is 24.0 Å². The number of halogens is 1. The van der Waals surface area contributed by atoms with Crippen LogP contribution in [0.15, 0.2) is 18.2 Å². The number of nitrogens with zero attached hydrogens (tertiary/aromatic N) is 1. The molecule has 0 bridgehead atoms. The summed E-state index contributed by atoms with van der Waals surface area (Å²) in [5.41, 5.74) is 0.500. The Labute approximate surface area is 92.2 Å². The number of aliphatic carboxylic acids is 1. The minimum Gasteiger partial charge on any atom is -0.487 e. The van der Waals surface area contributed by atoms with Crippen molar-refractivity contribution in [2.75, 3.05) is 18.0 Å². The quantitative estimate of drug-likeness (QED) is 0.828. The molecule has 0 radical (unpaired) electrons. The number of hydrogen-bond acceptors (Lipinski definition) is 3. The van der Waals surface area contributed by atoms with Crippen molar-refractivity contribution < 1.29 is 19.0 Å². The summed E-state index contributed by atoms with van der Waals surface area (Å²) in [6, 6.07) is 4.12. The van der Waals surface area contributed by atoms with E-state index in [9.17, 15) is 9.18 Å². The Morgan fingerprint density at radius 2 is 2.44 bits per heavy atom. The maximum atomic E-state index is 13.1. The summed E-state index contributed by atoms with van der Waals surface area (Å²) in [6.07, 6.45) is -0.0997. The van der Waals surface area contributed by atoms with Crippen LogP contribution in [-0.4, -0.2) is 30.3 Å². The molecule has 4 nitrogen and oxygen atoms in total. The predicted octanol–water partition coefficient (Wildman–Crippen LogP) is 1.50. The van der Waals surface area contributed by atoms with E-state index in [0.717, 1.165) is 0 Å². The van der Waals surface area contributed by atoms with Crippen molar-refractivity contribution in [2.45, 2.75) is 13.0 Å². The molecule has 1 aliphatic rings. The third kappa shape index (κ3) is 2.08. The Bertz CT molecular complexity index is 422. The number of fused-ring (bicyclic) bond motifs is 1. The lowest BCUT2D eigenvalue weighted by Gasteiger charge is -2.33. The van der Waals surface area contributed by atoms with Gasteiger partial charge in [-0.3, -0.25) is 4.79 Å². The molecule has 0 saturated carbocycles. The second-order valence-corrected chi connectivity index (χ2v) is 3.81. The molecule has 1 aliphatic heterocycles. The number of hydrogen-bond donors (Lipinski definition) is 1. The van der Waals surface area contributed by atoms with Gasteiger partial charge in [0.15, 0.2) is 0 Å². The van der Waals surface area contributed by atoms with Crippen molar-refractivity contribution >= 4 is 11.7 Å². The summed E-state index contributed by atoms with van der Waals surface area (Å²) in [6.45, 7) is 2.15. The molecule has 16 heavy (non-hydrogen) atoms. The normalized spacial score (nSPS) is 18.9. The van der Waals surface area contributed by atoms with E-state index in [4.69, 9.17) is 9.84 Å². The number of carboxylic acids is 1. The predicted molar refractivity (Wildman–Crippen MR) is 56.3 cm³/mol. The van der Waals surface area contributed by atoms with Gasteiger partial charge in [-0.1, -0.05) is 0 Å². The molecule has 1 heterocycles. The highest BCUT2D eigenvalue weighted by Crippen LogP contribution is 2.33. The zero-order valence-electron chi connectivity index (χ0n) is 8.81. The van der Waals surface area contributed by atoms with Crippen LogP contribution in [0.25, 0.3) is 0 Å². The molecule has 1 N–H and O–H groups in total. The molecular formula is C11H12FNO3. The van der Waals surface area contributed by atoms with E-state index in [-0.39, 0.29) is 12.6 Å². The Morgan fingerprint density at radius 3 is 3.12 bits per heavy atom.